The molecule has 0 spiro atoms. The smallest absolute Gasteiger partial charge is 0.107 e. The van der Waals surface area contributed by atoms with Crippen molar-refractivity contribution in [3.8, 4) is 12.0 Å². The number of hydrogen-bond acceptors (Lipinski definition) is 2. The average Bonchev–Trinajstić information content (AvgIpc) is 2.47. The van der Waals surface area contributed by atoms with E-state index in [1.54, 1.807) is 13.0 Å². The summed E-state index contributed by atoms with van der Waals surface area (Å²) in [5.74, 6) is 2.24. The van der Waals surface area contributed by atoms with E-state index in [0.29, 0.717) is 0 Å². The standard InChI is InChI=1S/C3H4O.C2H4O/c1-2-3-4;1-2-3-1/h4H,1H3;1-2H2. The molecule has 0 bridgehead atoms. The van der Waals surface area contributed by atoms with Gasteiger partial charge in [0.2, 0.25) is 0 Å². The summed E-state index contributed by atoms with van der Waals surface area (Å²) < 4.78 is 4.50. The van der Waals surface area contributed by atoms with Crippen molar-refractivity contribution in [1.29, 1.82) is 0 Å². The van der Waals surface area contributed by atoms with Crippen molar-refractivity contribution in [2.45, 2.75) is 6.92 Å². The van der Waals surface area contributed by atoms with E-state index in [0.717, 1.165) is 13.2 Å². The summed E-state index contributed by atoms with van der Waals surface area (Å²) in [7, 11) is 0. The van der Waals surface area contributed by atoms with Gasteiger partial charge in [-0.3, -0.25) is 0 Å². The maximum atomic E-state index is 7.51. The Morgan fingerprint density at radius 1 is 1.57 bits per heavy atom. The van der Waals surface area contributed by atoms with Gasteiger partial charge in [-0.25, -0.2) is 0 Å². The zero-order valence-corrected chi connectivity index (χ0v) is 4.27. The molecule has 7 heavy (non-hydrogen) atoms. The molecule has 0 amide bonds. The van der Waals surface area contributed by atoms with Gasteiger partial charge in [-0.2, -0.15) is 0 Å². The minimum Gasteiger partial charge on any atom is -0.462 e. The third-order valence-corrected chi connectivity index (χ3v) is 0.316. The van der Waals surface area contributed by atoms with Crippen molar-refractivity contribution in [3.63, 3.8) is 0 Å². The molecule has 0 aromatic heterocycles. The molecule has 2 nitrogen and oxygen atoms in total. The summed E-state index contributed by atoms with van der Waals surface area (Å²) in [5.41, 5.74) is 0. The third kappa shape index (κ3) is 33.7. The highest BCUT2D eigenvalue weighted by Crippen LogP contribution is 1.84. The Kier molecular flexibility index (Phi) is 4.80. The molecule has 2 heteroatoms. The molecule has 0 aromatic rings. The fourth-order valence-corrected chi connectivity index (χ4v) is 0. The Morgan fingerprint density at radius 2 is 1.86 bits per heavy atom. The van der Waals surface area contributed by atoms with Crippen molar-refractivity contribution < 1.29 is 9.84 Å². The van der Waals surface area contributed by atoms with Crippen LogP contribution in [0.4, 0.5) is 0 Å². The van der Waals surface area contributed by atoms with E-state index in [-0.39, 0.29) is 0 Å². The first kappa shape index (κ1) is 6.32. The van der Waals surface area contributed by atoms with E-state index in [9.17, 15) is 0 Å². The molecule has 1 aliphatic rings. The lowest BCUT2D eigenvalue weighted by atomic mass is 10.8. The normalized spacial score (nSPS) is 12.1. The second-order valence-electron chi connectivity index (χ2n) is 0.974. The number of rotatable bonds is 0. The van der Waals surface area contributed by atoms with Gasteiger partial charge >= 0.3 is 0 Å². The average molecular weight is 100 g/mol. The highest BCUT2D eigenvalue weighted by Gasteiger charge is 1.94. The summed E-state index contributed by atoms with van der Waals surface area (Å²) in [6.07, 6.45) is 1.68. The topological polar surface area (TPSA) is 32.8 Å². The van der Waals surface area contributed by atoms with E-state index >= 15 is 0 Å². The summed E-state index contributed by atoms with van der Waals surface area (Å²) in [6, 6.07) is 0. The lowest BCUT2D eigenvalue weighted by Crippen LogP contribution is -1.38. The zero-order chi connectivity index (χ0) is 5.54. The first-order valence-electron chi connectivity index (χ1n) is 2.05. The fourth-order valence-electron chi connectivity index (χ4n) is 0. The van der Waals surface area contributed by atoms with Crippen LogP contribution in [0.3, 0.4) is 0 Å². The van der Waals surface area contributed by atoms with Crippen molar-refractivity contribution in [2.24, 2.45) is 0 Å². The first-order valence-corrected chi connectivity index (χ1v) is 2.05. The second-order valence-corrected chi connectivity index (χ2v) is 0.974. The highest BCUT2D eigenvalue weighted by atomic mass is 16.6. The van der Waals surface area contributed by atoms with Crippen LogP contribution < -0.4 is 0 Å². The lowest BCUT2D eigenvalue weighted by molar-refractivity contribution is 0.475. The Bertz CT molecular complexity index is 67.1. The van der Waals surface area contributed by atoms with Gasteiger partial charge < -0.3 is 9.84 Å². The lowest BCUT2D eigenvalue weighted by Gasteiger charge is -1.43. The molecule has 1 aliphatic heterocycles. The molecule has 0 aliphatic carbocycles. The largest absolute Gasteiger partial charge is 0.462 e. The van der Waals surface area contributed by atoms with Gasteiger partial charge in [0.1, 0.15) is 6.11 Å². The summed E-state index contributed by atoms with van der Waals surface area (Å²) in [6.45, 7) is 3.57. The SMILES string of the molecule is C1CO1.CC#CO. The summed E-state index contributed by atoms with van der Waals surface area (Å²) >= 11 is 0. The van der Waals surface area contributed by atoms with Gasteiger partial charge in [0.05, 0.1) is 13.2 Å². The molecule has 1 rings (SSSR count). The maximum absolute atomic E-state index is 7.51. The Labute approximate surface area is 43.1 Å². The van der Waals surface area contributed by atoms with Gasteiger partial charge in [-0.15, -0.1) is 0 Å². The van der Waals surface area contributed by atoms with Crippen LogP contribution in [0.2, 0.25) is 0 Å². The third-order valence-electron chi connectivity index (χ3n) is 0.316. The van der Waals surface area contributed by atoms with Crippen LogP contribution in [-0.2, 0) is 4.74 Å². The van der Waals surface area contributed by atoms with Gasteiger partial charge in [0.15, 0.2) is 0 Å². The maximum Gasteiger partial charge on any atom is 0.107 e. The predicted octanol–water partition coefficient (Wildman–Crippen LogP) is 0.356. The molecule has 0 saturated carbocycles. The van der Waals surface area contributed by atoms with Gasteiger partial charge in [-0.1, -0.05) is 5.92 Å². The molecule has 0 atom stereocenters. The predicted molar refractivity (Wildman–Crippen MR) is 26.2 cm³/mol. The number of aliphatic hydroxyl groups excluding tert-OH is 1. The summed E-state index contributed by atoms with van der Waals surface area (Å²) in [5, 5.41) is 7.51. The molecule has 1 N–H and O–H groups in total. The fraction of sp³-hybridized carbons (Fsp3) is 0.600. The number of ether oxygens (including phenoxy) is 1. The number of hydrogen-bond donors (Lipinski definition) is 1. The van der Waals surface area contributed by atoms with Crippen LogP contribution in [0.5, 0.6) is 0 Å². The van der Waals surface area contributed by atoms with E-state index in [2.05, 4.69) is 10.7 Å². The van der Waals surface area contributed by atoms with Crippen LogP contribution in [0.15, 0.2) is 0 Å². The molecular weight excluding hydrogens is 92.1 g/mol. The second kappa shape index (κ2) is 5.32. The number of aliphatic hydroxyl groups is 1. The molecule has 40 valence electrons. The molecule has 1 heterocycles. The molecule has 0 aromatic carbocycles. The first-order chi connectivity index (χ1) is 3.41. The van der Waals surface area contributed by atoms with E-state index in [4.69, 9.17) is 5.11 Å². The van der Waals surface area contributed by atoms with Gasteiger partial charge in [0, 0.05) is 6.92 Å². The molecule has 0 unspecified atom stereocenters. The zero-order valence-electron chi connectivity index (χ0n) is 4.27. The minimum atomic E-state index is 1.00. The molecule has 1 fully saturated rings. The Hall–Kier alpha value is -0.680. The Morgan fingerprint density at radius 3 is 1.86 bits per heavy atom. The van der Waals surface area contributed by atoms with Crippen molar-refractivity contribution in [1.82, 2.24) is 0 Å². The quantitative estimate of drug-likeness (QED) is 0.352. The Balaban J connectivity index is 0.000000105. The van der Waals surface area contributed by atoms with E-state index in [1.165, 1.54) is 0 Å². The van der Waals surface area contributed by atoms with E-state index in [1.807, 2.05) is 0 Å². The van der Waals surface area contributed by atoms with Crippen molar-refractivity contribution in [3.05, 3.63) is 0 Å². The van der Waals surface area contributed by atoms with Crippen LogP contribution in [0.25, 0.3) is 0 Å². The van der Waals surface area contributed by atoms with Crippen LogP contribution in [-0.4, -0.2) is 18.3 Å². The van der Waals surface area contributed by atoms with Gasteiger partial charge in [-0.05, 0) is 0 Å². The number of epoxide rings is 1. The molecular formula is C5H8O2. The minimum absolute atomic E-state index is 1.00. The van der Waals surface area contributed by atoms with Crippen molar-refractivity contribution in [2.75, 3.05) is 13.2 Å². The van der Waals surface area contributed by atoms with E-state index < -0.39 is 0 Å². The molecule has 1 saturated heterocycles. The van der Waals surface area contributed by atoms with Crippen LogP contribution in [0.1, 0.15) is 6.92 Å². The molecule has 0 radical (unpaired) electrons. The van der Waals surface area contributed by atoms with Crippen LogP contribution in [0, 0.1) is 12.0 Å². The van der Waals surface area contributed by atoms with Gasteiger partial charge in [0.25, 0.3) is 0 Å². The van der Waals surface area contributed by atoms with Crippen molar-refractivity contribution >= 4 is 0 Å². The summed E-state index contributed by atoms with van der Waals surface area (Å²) in [4.78, 5) is 0. The van der Waals surface area contributed by atoms with Crippen LogP contribution >= 0.6 is 0 Å². The monoisotopic (exact) mass is 100 g/mol. The highest BCUT2D eigenvalue weighted by molar-refractivity contribution is 4.81.